The number of rotatable bonds is 4. The average molecular weight is 257 g/mol. The van der Waals surface area contributed by atoms with E-state index in [-0.39, 0.29) is 5.91 Å². The van der Waals surface area contributed by atoms with E-state index in [0.29, 0.717) is 22.7 Å². The maximum atomic E-state index is 12.0. The van der Waals surface area contributed by atoms with E-state index in [9.17, 15) is 4.79 Å². The monoisotopic (exact) mass is 257 g/mol. The molecular formula is C15H15NO3. The Morgan fingerprint density at radius 3 is 2.26 bits per heavy atom. The zero-order valence-corrected chi connectivity index (χ0v) is 10.8. The van der Waals surface area contributed by atoms with Crippen LogP contribution in [0.3, 0.4) is 0 Å². The van der Waals surface area contributed by atoms with Crippen molar-refractivity contribution in [2.75, 3.05) is 19.5 Å². The summed E-state index contributed by atoms with van der Waals surface area (Å²) in [6.45, 7) is 0. The van der Waals surface area contributed by atoms with Gasteiger partial charge in [0.1, 0.15) is 0 Å². The van der Waals surface area contributed by atoms with Crippen molar-refractivity contribution in [3.8, 4) is 11.5 Å². The van der Waals surface area contributed by atoms with Crippen molar-refractivity contribution in [3.63, 3.8) is 0 Å². The first-order valence-electron chi connectivity index (χ1n) is 5.83. The Morgan fingerprint density at radius 2 is 1.63 bits per heavy atom. The Hall–Kier alpha value is -2.49. The van der Waals surface area contributed by atoms with Crippen LogP contribution >= 0.6 is 0 Å². The summed E-state index contributed by atoms with van der Waals surface area (Å²) in [4.78, 5) is 12.0. The lowest BCUT2D eigenvalue weighted by molar-refractivity contribution is 0.102. The largest absolute Gasteiger partial charge is 0.493 e. The molecule has 2 aromatic carbocycles. The molecule has 4 heteroatoms. The van der Waals surface area contributed by atoms with Gasteiger partial charge in [-0.1, -0.05) is 18.2 Å². The zero-order chi connectivity index (χ0) is 13.7. The molecule has 0 aliphatic rings. The van der Waals surface area contributed by atoms with Crippen molar-refractivity contribution in [2.45, 2.75) is 0 Å². The van der Waals surface area contributed by atoms with Crippen molar-refractivity contribution in [3.05, 3.63) is 54.1 Å². The van der Waals surface area contributed by atoms with E-state index in [1.807, 2.05) is 18.2 Å². The van der Waals surface area contributed by atoms with Crippen molar-refractivity contribution in [1.29, 1.82) is 0 Å². The van der Waals surface area contributed by atoms with Gasteiger partial charge in [0.05, 0.1) is 14.2 Å². The summed E-state index contributed by atoms with van der Waals surface area (Å²) < 4.78 is 10.3. The van der Waals surface area contributed by atoms with Gasteiger partial charge >= 0.3 is 0 Å². The van der Waals surface area contributed by atoms with Crippen molar-refractivity contribution >= 4 is 11.6 Å². The Kier molecular flexibility index (Phi) is 4.03. The van der Waals surface area contributed by atoms with Gasteiger partial charge in [-0.3, -0.25) is 4.79 Å². The predicted octanol–water partition coefficient (Wildman–Crippen LogP) is 2.96. The molecule has 19 heavy (non-hydrogen) atoms. The second-order valence-electron chi connectivity index (χ2n) is 3.89. The molecule has 0 spiro atoms. The molecule has 0 unspecified atom stereocenters. The first-order valence-corrected chi connectivity index (χ1v) is 5.83. The number of carbonyl (C=O) groups excluding carboxylic acids is 1. The standard InChI is InChI=1S/C15H15NO3/c1-18-13-9-8-12(10-14(13)19-2)16-15(17)11-6-4-3-5-7-11/h3-10H,1-2H3,(H,16,17). The minimum atomic E-state index is -0.159. The molecule has 2 aromatic rings. The van der Waals surface area contributed by atoms with Gasteiger partial charge in [0.15, 0.2) is 11.5 Å². The third-order valence-electron chi connectivity index (χ3n) is 2.68. The van der Waals surface area contributed by atoms with Crippen LogP contribution in [0.1, 0.15) is 10.4 Å². The van der Waals surface area contributed by atoms with Crippen LogP contribution in [0, 0.1) is 0 Å². The van der Waals surface area contributed by atoms with Gasteiger partial charge in [-0.05, 0) is 24.3 Å². The molecule has 0 heterocycles. The van der Waals surface area contributed by atoms with E-state index in [4.69, 9.17) is 9.47 Å². The average Bonchev–Trinajstić information content (AvgIpc) is 2.48. The molecule has 4 nitrogen and oxygen atoms in total. The highest BCUT2D eigenvalue weighted by atomic mass is 16.5. The second-order valence-corrected chi connectivity index (χ2v) is 3.89. The van der Waals surface area contributed by atoms with Gasteiger partial charge in [-0.2, -0.15) is 0 Å². The number of carbonyl (C=O) groups is 1. The van der Waals surface area contributed by atoms with Crippen molar-refractivity contribution < 1.29 is 14.3 Å². The highest BCUT2D eigenvalue weighted by molar-refractivity contribution is 6.04. The molecule has 0 radical (unpaired) electrons. The lowest BCUT2D eigenvalue weighted by atomic mass is 10.2. The van der Waals surface area contributed by atoms with E-state index in [1.165, 1.54) is 0 Å². The third-order valence-corrected chi connectivity index (χ3v) is 2.68. The summed E-state index contributed by atoms with van der Waals surface area (Å²) in [5.41, 5.74) is 1.27. The normalized spacial score (nSPS) is 9.79. The molecule has 1 amide bonds. The summed E-state index contributed by atoms with van der Waals surface area (Å²) in [6.07, 6.45) is 0. The molecule has 98 valence electrons. The number of amides is 1. The van der Waals surface area contributed by atoms with Crippen LogP contribution in [0.2, 0.25) is 0 Å². The van der Waals surface area contributed by atoms with Crippen LogP contribution in [0.15, 0.2) is 48.5 Å². The SMILES string of the molecule is COc1ccc(NC(=O)c2ccccc2)cc1OC. The van der Waals surface area contributed by atoms with Gasteiger partial charge in [0.25, 0.3) is 5.91 Å². The smallest absolute Gasteiger partial charge is 0.255 e. The number of hydrogen-bond donors (Lipinski definition) is 1. The van der Waals surface area contributed by atoms with E-state index < -0.39 is 0 Å². The fourth-order valence-corrected chi connectivity index (χ4v) is 1.71. The highest BCUT2D eigenvalue weighted by Crippen LogP contribution is 2.29. The van der Waals surface area contributed by atoms with Crippen molar-refractivity contribution in [2.24, 2.45) is 0 Å². The Morgan fingerprint density at radius 1 is 0.947 bits per heavy atom. The van der Waals surface area contributed by atoms with Crippen molar-refractivity contribution in [1.82, 2.24) is 0 Å². The highest BCUT2D eigenvalue weighted by Gasteiger charge is 2.08. The maximum Gasteiger partial charge on any atom is 0.255 e. The van der Waals surface area contributed by atoms with Crippen LogP contribution in [0.5, 0.6) is 11.5 Å². The molecule has 1 N–H and O–H groups in total. The quantitative estimate of drug-likeness (QED) is 0.916. The lowest BCUT2D eigenvalue weighted by Gasteiger charge is -2.10. The molecule has 0 aliphatic carbocycles. The molecule has 0 aromatic heterocycles. The van der Waals surface area contributed by atoms with Crippen LogP contribution in [-0.4, -0.2) is 20.1 Å². The van der Waals surface area contributed by atoms with E-state index in [0.717, 1.165) is 0 Å². The van der Waals surface area contributed by atoms with Gasteiger partial charge < -0.3 is 14.8 Å². The van der Waals surface area contributed by atoms with Crippen LogP contribution < -0.4 is 14.8 Å². The lowest BCUT2D eigenvalue weighted by Crippen LogP contribution is -2.11. The molecular weight excluding hydrogens is 242 g/mol. The van der Waals surface area contributed by atoms with Crippen LogP contribution in [0.25, 0.3) is 0 Å². The fourth-order valence-electron chi connectivity index (χ4n) is 1.71. The van der Waals surface area contributed by atoms with Gasteiger partial charge in [0, 0.05) is 17.3 Å². The maximum absolute atomic E-state index is 12.0. The van der Waals surface area contributed by atoms with Gasteiger partial charge in [-0.25, -0.2) is 0 Å². The second kappa shape index (κ2) is 5.91. The summed E-state index contributed by atoms with van der Waals surface area (Å²) in [6, 6.07) is 14.3. The van der Waals surface area contributed by atoms with Gasteiger partial charge in [-0.15, -0.1) is 0 Å². The number of hydrogen-bond acceptors (Lipinski definition) is 3. The zero-order valence-electron chi connectivity index (χ0n) is 10.8. The minimum absolute atomic E-state index is 0.159. The first-order chi connectivity index (χ1) is 9.24. The molecule has 0 atom stereocenters. The summed E-state index contributed by atoms with van der Waals surface area (Å²) in [5.74, 6) is 1.04. The Balaban J connectivity index is 2.18. The number of nitrogens with one attached hydrogen (secondary N) is 1. The molecule has 0 aliphatic heterocycles. The number of ether oxygens (including phenoxy) is 2. The summed E-state index contributed by atoms with van der Waals surface area (Å²) >= 11 is 0. The molecule has 0 fully saturated rings. The predicted molar refractivity (Wildman–Crippen MR) is 73.9 cm³/mol. The Bertz CT molecular complexity index is 567. The van der Waals surface area contributed by atoms with E-state index >= 15 is 0 Å². The Labute approximate surface area is 112 Å². The number of benzene rings is 2. The first kappa shape index (κ1) is 13.0. The summed E-state index contributed by atoms with van der Waals surface area (Å²) in [5, 5.41) is 2.81. The van der Waals surface area contributed by atoms with Crippen LogP contribution in [0.4, 0.5) is 5.69 Å². The third kappa shape index (κ3) is 3.04. The van der Waals surface area contributed by atoms with E-state index in [2.05, 4.69) is 5.32 Å². The van der Waals surface area contributed by atoms with E-state index in [1.54, 1.807) is 44.6 Å². The van der Waals surface area contributed by atoms with Gasteiger partial charge in [0.2, 0.25) is 0 Å². The minimum Gasteiger partial charge on any atom is -0.493 e. The molecule has 0 saturated heterocycles. The fraction of sp³-hybridized carbons (Fsp3) is 0.133. The molecule has 2 rings (SSSR count). The molecule has 0 saturated carbocycles. The number of methoxy groups -OCH3 is 2. The topological polar surface area (TPSA) is 47.6 Å². The van der Waals surface area contributed by atoms with Crippen LogP contribution in [-0.2, 0) is 0 Å². The summed E-state index contributed by atoms with van der Waals surface area (Å²) in [7, 11) is 3.13. The number of anilines is 1. The molecule has 0 bridgehead atoms.